The van der Waals surface area contributed by atoms with E-state index in [0.717, 1.165) is 10.3 Å². The molecule has 0 aliphatic heterocycles. The number of hydrogen-bond acceptors (Lipinski definition) is 4. The molecule has 0 spiro atoms. The highest BCUT2D eigenvalue weighted by Crippen LogP contribution is 2.28. The quantitative estimate of drug-likeness (QED) is 0.879. The van der Waals surface area contributed by atoms with E-state index in [9.17, 15) is 0 Å². The zero-order valence-electron chi connectivity index (χ0n) is 8.95. The molecular weight excluding hydrogens is 305 g/mol. The number of halogens is 2. The molecule has 1 aromatic carbocycles. The van der Waals surface area contributed by atoms with Gasteiger partial charge in [0.1, 0.15) is 22.5 Å². The molecule has 1 N–H and O–H groups in total. The molecule has 0 aliphatic rings. The van der Waals surface area contributed by atoms with Crippen molar-refractivity contribution in [1.29, 1.82) is 0 Å². The Hall–Kier alpha value is -1.33. The summed E-state index contributed by atoms with van der Waals surface area (Å²) in [7, 11) is 1.58. The van der Waals surface area contributed by atoms with E-state index in [2.05, 4.69) is 31.2 Å². The second-order valence-electron chi connectivity index (χ2n) is 3.20. The van der Waals surface area contributed by atoms with Gasteiger partial charge in [-0.05, 0) is 34.1 Å². The first-order valence-corrected chi connectivity index (χ1v) is 5.94. The molecule has 0 atom stereocenters. The van der Waals surface area contributed by atoms with Crippen LogP contribution in [-0.2, 0) is 0 Å². The van der Waals surface area contributed by atoms with Crippen molar-refractivity contribution >= 4 is 39.0 Å². The molecule has 88 valence electrons. The van der Waals surface area contributed by atoms with Crippen LogP contribution in [-0.4, -0.2) is 17.1 Å². The highest BCUT2D eigenvalue weighted by atomic mass is 79.9. The van der Waals surface area contributed by atoms with Gasteiger partial charge in [-0.2, -0.15) is 0 Å². The Morgan fingerprint density at radius 3 is 2.76 bits per heavy atom. The van der Waals surface area contributed by atoms with E-state index in [1.165, 1.54) is 6.33 Å². The van der Waals surface area contributed by atoms with Crippen LogP contribution in [0.15, 0.2) is 35.2 Å². The smallest absolute Gasteiger partial charge is 0.137 e. The van der Waals surface area contributed by atoms with Gasteiger partial charge in [-0.15, -0.1) is 0 Å². The maximum Gasteiger partial charge on any atom is 0.137 e. The lowest BCUT2D eigenvalue weighted by Gasteiger charge is -2.08. The molecule has 4 nitrogen and oxygen atoms in total. The van der Waals surface area contributed by atoms with Crippen LogP contribution in [0, 0.1) is 0 Å². The van der Waals surface area contributed by atoms with Crippen molar-refractivity contribution in [2.45, 2.75) is 0 Å². The van der Waals surface area contributed by atoms with Gasteiger partial charge in [0.15, 0.2) is 0 Å². The van der Waals surface area contributed by atoms with Crippen LogP contribution in [0.2, 0.25) is 5.02 Å². The lowest BCUT2D eigenvalue weighted by atomic mass is 10.3. The van der Waals surface area contributed by atoms with Crippen molar-refractivity contribution < 1.29 is 4.74 Å². The number of aromatic nitrogens is 2. The van der Waals surface area contributed by atoms with E-state index in [1.54, 1.807) is 25.3 Å². The van der Waals surface area contributed by atoms with Crippen molar-refractivity contribution in [2.24, 2.45) is 0 Å². The van der Waals surface area contributed by atoms with Crippen LogP contribution < -0.4 is 10.1 Å². The average molecular weight is 315 g/mol. The Balaban J connectivity index is 2.22. The molecule has 0 amide bonds. The third kappa shape index (κ3) is 3.08. The molecule has 6 heteroatoms. The summed E-state index contributed by atoms with van der Waals surface area (Å²) in [5.41, 5.74) is 0.835. The first-order chi connectivity index (χ1) is 8.19. The van der Waals surface area contributed by atoms with E-state index < -0.39 is 0 Å². The molecule has 0 unspecified atom stereocenters. The van der Waals surface area contributed by atoms with Crippen molar-refractivity contribution in [1.82, 2.24) is 9.97 Å². The molecule has 0 bridgehead atoms. The minimum atomic E-state index is 0.547. The third-order valence-electron chi connectivity index (χ3n) is 2.06. The Bertz CT molecular complexity index is 536. The number of methoxy groups -OCH3 is 1. The van der Waals surface area contributed by atoms with Gasteiger partial charge in [0.25, 0.3) is 0 Å². The van der Waals surface area contributed by atoms with Crippen molar-refractivity contribution in [2.75, 3.05) is 12.4 Å². The number of hydrogen-bond donors (Lipinski definition) is 1. The fourth-order valence-corrected chi connectivity index (χ4v) is 1.86. The number of ether oxygens (including phenoxy) is 1. The van der Waals surface area contributed by atoms with Gasteiger partial charge < -0.3 is 10.1 Å². The van der Waals surface area contributed by atoms with Crippen LogP contribution in [0.5, 0.6) is 5.75 Å². The number of nitrogens with one attached hydrogen (secondary N) is 1. The average Bonchev–Trinajstić information content (AvgIpc) is 2.29. The summed E-state index contributed by atoms with van der Waals surface area (Å²) in [5.74, 6) is 1.33. The summed E-state index contributed by atoms with van der Waals surface area (Å²) in [4.78, 5) is 8.03. The number of rotatable bonds is 3. The molecule has 2 aromatic rings. The van der Waals surface area contributed by atoms with Crippen molar-refractivity contribution in [3.8, 4) is 5.75 Å². The van der Waals surface area contributed by atoms with E-state index in [1.807, 2.05) is 6.07 Å². The molecule has 1 heterocycles. The van der Waals surface area contributed by atoms with Gasteiger partial charge in [0.05, 0.1) is 12.1 Å². The Kier molecular flexibility index (Phi) is 3.81. The van der Waals surface area contributed by atoms with E-state index in [0.29, 0.717) is 16.6 Å². The standard InChI is InChI=1S/C11H9BrClN3O/c1-17-9-3-2-7(4-8(9)13)16-11-5-10(12)14-6-15-11/h2-6H,1H3,(H,14,15,16). The molecule has 0 aliphatic carbocycles. The SMILES string of the molecule is COc1ccc(Nc2cc(Br)ncn2)cc1Cl. The first-order valence-electron chi connectivity index (χ1n) is 4.77. The Labute approximate surface area is 112 Å². The van der Waals surface area contributed by atoms with Crippen LogP contribution in [0.4, 0.5) is 11.5 Å². The highest BCUT2D eigenvalue weighted by molar-refractivity contribution is 9.10. The fourth-order valence-electron chi connectivity index (χ4n) is 1.29. The molecule has 0 radical (unpaired) electrons. The second kappa shape index (κ2) is 5.33. The molecule has 1 aromatic heterocycles. The fraction of sp³-hybridized carbons (Fsp3) is 0.0909. The summed E-state index contributed by atoms with van der Waals surface area (Å²) < 4.78 is 5.79. The van der Waals surface area contributed by atoms with Crippen LogP contribution in [0.25, 0.3) is 0 Å². The summed E-state index contributed by atoms with van der Waals surface area (Å²) >= 11 is 9.30. The van der Waals surface area contributed by atoms with Gasteiger partial charge in [-0.1, -0.05) is 11.6 Å². The van der Waals surface area contributed by atoms with Crippen LogP contribution in [0.3, 0.4) is 0 Å². The molecular formula is C11H9BrClN3O. The number of anilines is 2. The third-order valence-corrected chi connectivity index (χ3v) is 2.79. The zero-order valence-corrected chi connectivity index (χ0v) is 11.3. The predicted octanol–water partition coefficient (Wildman–Crippen LogP) is 3.64. The van der Waals surface area contributed by atoms with E-state index in [-0.39, 0.29) is 0 Å². The van der Waals surface area contributed by atoms with Gasteiger partial charge in [-0.25, -0.2) is 9.97 Å². The minimum Gasteiger partial charge on any atom is -0.495 e. The Morgan fingerprint density at radius 2 is 2.12 bits per heavy atom. The topological polar surface area (TPSA) is 47.0 Å². The van der Waals surface area contributed by atoms with Gasteiger partial charge in [-0.3, -0.25) is 0 Å². The molecule has 17 heavy (non-hydrogen) atoms. The Morgan fingerprint density at radius 1 is 1.29 bits per heavy atom. The van der Waals surface area contributed by atoms with Gasteiger partial charge in [0, 0.05) is 11.8 Å². The van der Waals surface area contributed by atoms with Crippen LogP contribution in [0.1, 0.15) is 0 Å². The minimum absolute atomic E-state index is 0.547. The first kappa shape index (κ1) is 12.1. The molecule has 0 saturated heterocycles. The van der Waals surface area contributed by atoms with Crippen molar-refractivity contribution in [3.63, 3.8) is 0 Å². The lowest BCUT2D eigenvalue weighted by molar-refractivity contribution is 0.415. The molecule has 0 saturated carbocycles. The maximum atomic E-state index is 6.02. The van der Waals surface area contributed by atoms with E-state index >= 15 is 0 Å². The second-order valence-corrected chi connectivity index (χ2v) is 4.42. The number of nitrogens with zero attached hydrogens (tertiary/aromatic N) is 2. The van der Waals surface area contributed by atoms with Gasteiger partial charge >= 0.3 is 0 Å². The summed E-state index contributed by atoms with van der Waals surface area (Å²) in [5, 5.41) is 3.66. The molecule has 0 fully saturated rings. The number of benzene rings is 1. The largest absolute Gasteiger partial charge is 0.495 e. The monoisotopic (exact) mass is 313 g/mol. The van der Waals surface area contributed by atoms with Crippen molar-refractivity contribution in [3.05, 3.63) is 40.2 Å². The zero-order chi connectivity index (χ0) is 12.3. The highest BCUT2D eigenvalue weighted by Gasteiger charge is 2.03. The summed E-state index contributed by atoms with van der Waals surface area (Å²) in [6, 6.07) is 7.20. The maximum absolute atomic E-state index is 6.02. The summed E-state index contributed by atoms with van der Waals surface area (Å²) in [6.07, 6.45) is 1.47. The van der Waals surface area contributed by atoms with E-state index in [4.69, 9.17) is 16.3 Å². The lowest BCUT2D eigenvalue weighted by Crippen LogP contribution is -1.94. The summed E-state index contributed by atoms with van der Waals surface area (Å²) in [6.45, 7) is 0. The predicted molar refractivity (Wildman–Crippen MR) is 71.0 cm³/mol. The van der Waals surface area contributed by atoms with Gasteiger partial charge in [0.2, 0.25) is 0 Å². The normalized spacial score (nSPS) is 10.1. The van der Waals surface area contributed by atoms with Crippen LogP contribution >= 0.6 is 27.5 Å². The molecule has 2 rings (SSSR count).